The van der Waals surface area contributed by atoms with Gasteiger partial charge in [-0.15, -0.1) is 11.3 Å². The summed E-state index contributed by atoms with van der Waals surface area (Å²) in [5.41, 5.74) is 4.77. The SMILES string of the molecule is COc1cnc2c(-c3nc4c(C)cc(OCCNS(=O)(=O)c5ccc(F)cc5)cc4s3)cc(CCO)cc2n1. The summed E-state index contributed by atoms with van der Waals surface area (Å²) in [6.45, 7) is 2.07. The van der Waals surface area contributed by atoms with Crippen molar-refractivity contribution in [3.63, 3.8) is 0 Å². The van der Waals surface area contributed by atoms with Crippen LogP contribution in [0.5, 0.6) is 11.6 Å². The number of ether oxygens (including phenoxy) is 2. The first-order valence-corrected chi connectivity index (χ1v) is 14.3. The summed E-state index contributed by atoms with van der Waals surface area (Å²) < 4.78 is 52.3. The number of aliphatic hydroxyl groups excluding tert-OH is 1. The van der Waals surface area contributed by atoms with Crippen molar-refractivity contribution < 1.29 is 27.4 Å². The van der Waals surface area contributed by atoms with E-state index >= 15 is 0 Å². The van der Waals surface area contributed by atoms with Crippen molar-refractivity contribution in [2.75, 3.05) is 26.9 Å². The highest BCUT2D eigenvalue weighted by Gasteiger charge is 2.17. The van der Waals surface area contributed by atoms with Gasteiger partial charge in [-0.05, 0) is 73.0 Å². The molecule has 39 heavy (non-hydrogen) atoms. The number of halogens is 1. The molecule has 12 heteroatoms. The highest BCUT2D eigenvalue weighted by Crippen LogP contribution is 2.37. The van der Waals surface area contributed by atoms with Crippen molar-refractivity contribution in [3.05, 3.63) is 71.7 Å². The second-order valence-electron chi connectivity index (χ2n) is 8.70. The van der Waals surface area contributed by atoms with Gasteiger partial charge in [0.25, 0.3) is 0 Å². The summed E-state index contributed by atoms with van der Waals surface area (Å²) in [6.07, 6.45) is 2.03. The van der Waals surface area contributed by atoms with Crippen molar-refractivity contribution in [1.82, 2.24) is 19.7 Å². The molecule has 0 radical (unpaired) electrons. The van der Waals surface area contributed by atoms with E-state index in [0.717, 1.165) is 44.0 Å². The van der Waals surface area contributed by atoms with Crippen LogP contribution >= 0.6 is 11.3 Å². The van der Waals surface area contributed by atoms with Crippen LogP contribution in [0.1, 0.15) is 11.1 Å². The summed E-state index contributed by atoms with van der Waals surface area (Å²) in [5.74, 6) is 0.476. The van der Waals surface area contributed by atoms with E-state index < -0.39 is 15.8 Å². The second-order valence-corrected chi connectivity index (χ2v) is 11.5. The Bertz CT molecular complexity index is 1760. The summed E-state index contributed by atoms with van der Waals surface area (Å²) >= 11 is 1.48. The summed E-state index contributed by atoms with van der Waals surface area (Å²) in [6, 6.07) is 12.2. The van der Waals surface area contributed by atoms with Crippen LogP contribution in [0.25, 0.3) is 31.8 Å². The zero-order chi connectivity index (χ0) is 27.6. The second kappa shape index (κ2) is 11.2. The molecule has 3 aromatic carbocycles. The number of thiazole rings is 1. The third-order valence-corrected chi connectivity index (χ3v) is 8.48. The van der Waals surface area contributed by atoms with Crippen LogP contribution in [0.15, 0.2) is 59.6 Å². The fraction of sp³-hybridized carbons (Fsp3) is 0.222. The Hall–Kier alpha value is -3.71. The maximum atomic E-state index is 13.1. The molecule has 2 aromatic heterocycles. The first-order chi connectivity index (χ1) is 18.8. The van der Waals surface area contributed by atoms with Gasteiger partial charge in [0.05, 0.1) is 39.5 Å². The summed E-state index contributed by atoms with van der Waals surface area (Å²) in [7, 11) is -2.24. The van der Waals surface area contributed by atoms with E-state index in [1.54, 1.807) is 6.20 Å². The molecular formula is C27H25FN4O5S2. The Balaban J connectivity index is 1.37. The minimum atomic E-state index is -3.77. The first-order valence-electron chi connectivity index (χ1n) is 12.0. The molecular weight excluding hydrogens is 543 g/mol. The topological polar surface area (TPSA) is 124 Å². The Labute approximate surface area is 228 Å². The largest absolute Gasteiger partial charge is 0.492 e. The molecule has 5 aromatic rings. The molecule has 0 atom stereocenters. The normalized spacial score (nSPS) is 11.8. The lowest BCUT2D eigenvalue weighted by Gasteiger charge is -2.09. The third-order valence-electron chi connectivity index (χ3n) is 5.97. The van der Waals surface area contributed by atoms with Gasteiger partial charge in [-0.3, -0.25) is 0 Å². The van der Waals surface area contributed by atoms with E-state index in [9.17, 15) is 17.9 Å². The molecule has 0 bridgehead atoms. The highest BCUT2D eigenvalue weighted by atomic mass is 32.2. The number of rotatable bonds is 10. The van der Waals surface area contributed by atoms with Gasteiger partial charge in [-0.1, -0.05) is 0 Å². The number of aryl methyl sites for hydroxylation is 1. The van der Waals surface area contributed by atoms with E-state index in [-0.39, 0.29) is 24.7 Å². The monoisotopic (exact) mass is 568 g/mol. The fourth-order valence-electron chi connectivity index (χ4n) is 4.11. The molecule has 0 aliphatic heterocycles. The van der Waals surface area contributed by atoms with Crippen molar-refractivity contribution >= 4 is 42.6 Å². The van der Waals surface area contributed by atoms with Gasteiger partial charge in [0.15, 0.2) is 0 Å². The molecule has 5 rings (SSSR count). The number of aromatic nitrogens is 3. The van der Waals surface area contributed by atoms with E-state index in [1.807, 2.05) is 31.2 Å². The molecule has 0 aliphatic carbocycles. The van der Waals surface area contributed by atoms with Gasteiger partial charge in [0, 0.05) is 18.7 Å². The van der Waals surface area contributed by atoms with Crippen LogP contribution in [-0.4, -0.2) is 55.3 Å². The number of nitrogens with zero attached hydrogens (tertiary/aromatic N) is 3. The minimum Gasteiger partial charge on any atom is -0.492 e. The van der Waals surface area contributed by atoms with Gasteiger partial charge in [0.2, 0.25) is 15.9 Å². The van der Waals surface area contributed by atoms with E-state index in [4.69, 9.17) is 14.5 Å². The molecule has 0 saturated carbocycles. The average molecular weight is 569 g/mol. The number of hydrogen-bond donors (Lipinski definition) is 2. The fourth-order valence-corrected chi connectivity index (χ4v) is 6.21. The lowest BCUT2D eigenvalue weighted by atomic mass is 10.1. The van der Waals surface area contributed by atoms with Crippen LogP contribution in [-0.2, 0) is 16.4 Å². The van der Waals surface area contributed by atoms with E-state index in [0.29, 0.717) is 29.1 Å². The zero-order valence-corrected chi connectivity index (χ0v) is 22.8. The van der Waals surface area contributed by atoms with Crippen molar-refractivity contribution in [2.24, 2.45) is 0 Å². The van der Waals surface area contributed by atoms with Gasteiger partial charge < -0.3 is 14.6 Å². The molecule has 0 aliphatic rings. The third kappa shape index (κ3) is 5.83. The average Bonchev–Trinajstić information content (AvgIpc) is 3.35. The maximum absolute atomic E-state index is 13.1. The number of benzene rings is 3. The summed E-state index contributed by atoms with van der Waals surface area (Å²) in [4.78, 5) is 13.9. The van der Waals surface area contributed by atoms with Crippen LogP contribution in [0.4, 0.5) is 4.39 Å². The maximum Gasteiger partial charge on any atom is 0.240 e. The Morgan fingerprint density at radius 2 is 1.87 bits per heavy atom. The molecule has 9 nitrogen and oxygen atoms in total. The molecule has 0 spiro atoms. The molecule has 0 unspecified atom stereocenters. The first kappa shape index (κ1) is 26.9. The number of aliphatic hydroxyl groups is 1. The number of hydrogen-bond acceptors (Lipinski definition) is 9. The Morgan fingerprint density at radius 1 is 1.08 bits per heavy atom. The predicted octanol–water partition coefficient (Wildman–Crippen LogP) is 4.25. The lowest BCUT2D eigenvalue weighted by Crippen LogP contribution is -2.28. The van der Waals surface area contributed by atoms with Gasteiger partial charge in [0.1, 0.15) is 23.2 Å². The van der Waals surface area contributed by atoms with Crippen LogP contribution < -0.4 is 14.2 Å². The number of sulfonamides is 1. The van der Waals surface area contributed by atoms with E-state index in [2.05, 4.69) is 14.7 Å². The zero-order valence-electron chi connectivity index (χ0n) is 21.1. The van der Waals surface area contributed by atoms with Crippen molar-refractivity contribution in [2.45, 2.75) is 18.2 Å². The van der Waals surface area contributed by atoms with Crippen LogP contribution in [0.2, 0.25) is 0 Å². The smallest absolute Gasteiger partial charge is 0.240 e. The quantitative estimate of drug-likeness (QED) is 0.240. The van der Waals surface area contributed by atoms with Crippen LogP contribution in [0.3, 0.4) is 0 Å². The molecule has 2 N–H and O–H groups in total. The van der Waals surface area contributed by atoms with E-state index in [1.165, 1.54) is 30.6 Å². The Kier molecular flexibility index (Phi) is 7.71. The molecule has 2 heterocycles. The lowest BCUT2D eigenvalue weighted by molar-refractivity contribution is 0.299. The molecule has 202 valence electrons. The number of nitrogens with one attached hydrogen (secondary N) is 1. The summed E-state index contributed by atoms with van der Waals surface area (Å²) in [5, 5.41) is 10.2. The molecule has 0 saturated heterocycles. The van der Waals surface area contributed by atoms with Gasteiger partial charge in [-0.25, -0.2) is 32.5 Å². The highest BCUT2D eigenvalue weighted by molar-refractivity contribution is 7.89. The van der Waals surface area contributed by atoms with Gasteiger partial charge >= 0.3 is 0 Å². The predicted molar refractivity (Wildman–Crippen MR) is 147 cm³/mol. The molecule has 0 amide bonds. The standard InChI is InChI=1S/C27H25FN4O5S2/c1-16-11-19(37-10-8-30-39(34,35)20-5-3-18(28)4-6-20)14-23-25(16)32-27(38-23)21-12-17(7-9-33)13-22-26(21)29-15-24(31-22)36-2/h3-6,11-15,30,33H,7-10H2,1-2H3. The number of methoxy groups -OCH3 is 1. The molecule has 0 fully saturated rings. The van der Waals surface area contributed by atoms with Crippen LogP contribution in [0, 0.1) is 12.7 Å². The van der Waals surface area contributed by atoms with Gasteiger partial charge in [-0.2, -0.15) is 0 Å². The Morgan fingerprint density at radius 3 is 2.62 bits per heavy atom. The van der Waals surface area contributed by atoms with Crippen molar-refractivity contribution in [3.8, 4) is 22.2 Å². The minimum absolute atomic E-state index is 0.00204. The van der Waals surface area contributed by atoms with Crippen molar-refractivity contribution in [1.29, 1.82) is 0 Å². The number of fused-ring (bicyclic) bond motifs is 2.